The average Bonchev–Trinajstić information content (AvgIpc) is 3.16. The fourth-order valence-corrected chi connectivity index (χ4v) is 2.30. The van der Waals surface area contributed by atoms with Crippen LogP contribution in [0.25, 0.3) is 11.3 Å². The number of aromatic nitrogens is 5. The number of aromatic amines is 1. The zero-order valence-corrected chi connectivity index (χ0v) is 15.9. The maximum Gasteiger partial charge on any atom is 0.226 e. The van der Waals surface area contributed by atoms with E-state index >= 15 is 0 Å². The number of rotatable bonds is 8. The molecule has 0 unspecified atom stereocenters. The van der Waals surface area contributed by atoms with E-state index in [1.54, 1.807) is 25.4 Å². The summed E-state index contributed by atoms with van der Waals surface area (Å²) in [6.07, 6.45) is 5.16. The number of nitrogens with zero attached hydrogens (tertiary/aromatic N) is 5. The van der Waals surface area contributed by atoms with Gasteiger partial charge in [-0.2, -0.15) is 10.4 Å². The summed E-state index contributed by atoms with van der Waals surface area (Å²) in [7, 11) is 1.57. The molecule has 4 N–H and O–H groups in total. The lowest BCUT2D eigenvalue weighted by Crippen LogP contribution is -2.07. The Bertz CT molecular complexity index is 939. The van der Waals surface area contributed by atoms with Crippen molar-refractivity contribution in [1.29, 1.82) is 5.26 Å². The smallest absolute Gasteiger partial charge is 0.226 e. The Morgan fingerprint density at radius 2 is 2.11 bits per heavy atom. The highest BCUT2D eigenvalue weighted by Gasteiger charge is 2.17. The molecule has 0 atom stereocenters. The predicted octanol–water partition coefficient (Wildman–Crippen LogP) is 2.03. The van der Waals surface area contributed by atoms with Gasteiger partial charge in [0.1, 0.15) is 23.2 Å². The van der Waals surface area contributed by atoms with Crippen LogP contribution in [0.2, 0.25) is 0 Å². The minimum Gasteiger partial charge on any atom is -0.496 e. The Balaban J connectivity index is 0.00000280. The highest BCUT2D eigenvalue weighted by atomic mass is 35.5. The van der Waals surface area contributed by atoms with Gasteiger partial charge in [0.15, 0.2) is 11.5 Å². The molecule has 0 aliphatic heterocycles. The van der Waals surface area contributed by atoms with E-state index in [0.29, 0.717) is 54.1 Å². The van der Waals surface area contributed by atoms with Gasteiger partial charge in [0.05, 0.1) is 31.8 Å². The standard InChI is InChI=1S/C17H18N8O2.ClH/c1-26-13-3-5-20-17(27-6-2-4-18)16(13)12-7-14(25-24-12)23-15-10-21-11(8-19)9-22-15;/h3,5,7,9-10H,2,4,6,18H2,1H3,(H2,22,23,24,25);1H. The summed E-state index contributed by atoms with van der Waals surface area (Å²) in [5.41, 5.74) is 7.07. The summed E-state index contributed by atoms with van der Waals surface area (Å²) in [5, 5.41) is 18.9. The Kier molecular flexibility index (Phi) is 7.50. The van der Waals surface area contributed by atoms with Gasteiger partial charge in [0.25, 0.3) is 0 Å². The van der Waals surface area contributed by atoms with E-state index in [-0.39, 0.29) is 18.1 Å². The molecule has 0 fully saturated rings. The first-order valence-electron chi connectivity index (χ1n) is 8.16. The Hall–Kier alpha value is -3.42. The van der Waals surface area contributed by atoms with Crippen LogP contribution in [0.1, 0.15) is 12.1 Å². The quantitative estimate of drug-likeness (QED) is 0.481. The van der Waals surface area contributed by atoms with Crippen molar-refractivity contribution in [2.75, 3.05) is 25.6 Å². The predicted molar refractivity (Wildman–Crippen MR) is 105 cm³/mol. The highest BCUT2D eigenvalue weighted by molar-refractivity contribution is 5.85. The number of H-pyrrole nitrogens is 1. The van der Waals surface area contributed by atoms with Gasteiger partial charge in [0.2, 0.25) is 5.88 Å². The summed E-state index contributed by atoms with van der Waals surface area (Å²) in [5.74, 6) is 2.00. The van der Waals surface area contributed by atoms with Crippen molar-refractivity contribution in [1.82, 2.24) is 25.1 Å². The van der Waals surface area contributed by atoms with E-state index in [2.05, 4.69) is 30.5 Å². The van der Waals surface area contributed by atoms with Gasteiger partial charge in [0, 0.05) is 12.3 Å². The summed E-state index contributed by atoms with van der Waals surface area (Å²) in [4.78, 5) is 12.3. The van der Waals surface area contributed by atoms with Gasteiger partial charge in [-0.1, -0.05) is 0 Å². The molecule has 0 saturated carbocycles. The molecule has 3 aromatic rings. The number of ether oxygens (including phenoxy) is 2. The molecule has 10 nitrogen and oxygen atoms in total. The van der Waals surface area contributed by atoms with Crippen LogP contribution >= 0.6 is 12.4 Å². The molecule has 0 aliphatic carbocycles. The van der Waals surface area contributed by atoms with E-state index in [1.165, 1.54) is 12.4 Å². The first-order chi connectivity index (χ1) is 13.2. The van der Waals surface area contributed by atoms with Crippen molar-refractivity contribution >= 4 is 24.0 Å². The van der Waals surface area contributed by atoms with E-state index in [1.807, 2.05) is 6.07 Å². The van der Waals surface area contributed by atoms with Crippen molar-refractivity contribution in [3.8, 4) is 29.0 Å². The second-order valence-electron chi connectivity index (χ2n) is 5.37. The van der Waals surface area contributed by atoms with Gasteiger partial charge >= 0.3 is 0 Å². The molecule has 3 aromatic heterocycles. The fourth-order valence-electron chi connectivity index (χ4n) is 2.30. The molecule has 3 heterocycles. The van der Waals surface area contributed by atoms with Crippen molar-refractivity contribution in [3.63, 3.8) is 0 Å². The minimum atomic E-state index is 0. The molecule has 146 valence electrons. The Morgan fingerprint density at radius 3 is 2.79 bits per heavy atom. The van der Waals surface area contributed by atoms with E-state index in [0.717, 1.165) is 0 Å². The number of pyridine rings is 1. The molecule has 11 heteroatoms. The number of nitrogens with two attached hydrogens (primary N) is 1. The molecule has 0 bridgehead atoms. The zero-order valence-electron chi connectivity index (χ0n) is 15.0. The SMILES string of the molecule is COc1ccnc(OCCCN)c1-c1cc(Nc2cnc(C#N)cn2)n[nH]1.Cl. The Morgan fingerprint density at radius 1 is 1.25 bits per heavy atom. The van der Waals surface area contributed by atoms with Gasteiger partial charge in [-0.15, -0.1) is 12.4 Å². The average molecular weight is 403 g/mol. The molecule has 0 saturated heterocycles. The molecule has 0 spiro atoms. The number of hydrogen-bond acceptors (Lipinski definition) is 9. The van der Waals surface area contributed by atoms with Crippen molar-refractivity contribution in [2.45, 2.75) is 6.42 Å². The molecule has 0 radical (unpaired) electrons. The third kappa shape index (κ3) is 4.85. The first-order valence-corrected chi connectivity index (χ1v) is 8.16. The van der Waals surface area contributed by atoms with E-state index in [9.17, 15) is 0 Å². The first kappa shape index (κ1) is 20.9. The second kappa shape index (κ2) is 10.1. The van der Waals surface area contributed by atoms with Gasteiger partial charge in [-0.3, -0.25) is 5.10 Å². The number of nitriles is 1. The van der Waals surface area contributed by atoms with Crippen molar-refractivity contribution in [3.05, 3.63) is 36.4 Å². The van der Waals surface area contributed by atoms with Crippen LogP contribution in [0.4, 0.5) is 11.6 Å². The van der Waals surface area contributed by atoms with E-state index in [4.69, 9.17) is 20.5 Å². The molecular weight excluding hydrogens is 384 g/mol. The van der Waals surface area contributed by atoms with Crippen LogP contribution in [0, 0.1) is 11.3 Å². The van der Waals surface area contributed by atoms with Crippen LogP contribution in [-0.4, -0.2) is 45.4 Å². The molecule has 0 aliphatic rings. The topological polar surface area (TPSA) is 148 Å². The highest BCUT2D eigenvalue weighted by Crippen LogP contribution is 2.36. The summed E-state index contributed by atoms with van der Waals surface area (Å²) in [6, 6.07) is 5.43. The summed E-state index contributed by atoms with van der Waals surface area (Å²) < 4.78 is 11.2. The number of methoxy groups -OCH3 is 1. The Labute approximate surface area is 167 Å². The van der Waals surface area contributed by atoms with Crippen LogP contribution in [0.3, 0.4) is 0 Å². The maximum atomic E-state index is 8.77. The van der Waals surface area contributed by atoms with Crippen LogP contribution in [0.5, 0.6) is 11.6 Å². The van der Waals surface area contributed by atoms with Crippen molar-refractivity contribution in [2.24, 2.45) is 5.73 Å². The number of hydrogen-bond donors (Lipinski definition) is 3. The normalized spacial score (nSPS) is 9.89. The van der Waals surface area contributed by atoms with Gasteiger partial charge < -0.3 is 20.5 Å². The molecule has 0 amide bonds. The molecule has 28 heavy (non-hydrogen) atoms. The second-order valence-corrected chi connectivity index (χ2v) is 5.37. The lowest BCUT2D eigenvalue weighted by Gasteiger charge is -2.12. The number of anilines is 2. The zero-order chi connectivity index (χ0) is 19.1. The van der Waals surface area contributed by atoms with Crippen molar-refractivity contribution < 1.29 is 9.47 Å². The van der Waals surface area contributed by atoms with Crippen LogP contribution in [0.15, 0.2) is 30.7 Å². The minimum absolute atomic E-state index is 0. The van der Waals surface area contributed by atoms with Crippen LogP contribution in [-0.2, 0) is 0 Å². The largest absolute Gasteiger partial charge is 0.496 e. The maximum absolute atomic E-state index is 8.77. The number of halogens is 1. The summed E-state index contributed by atoms with van der Waals surface area (Å²) >= 11 is 0. The lowest BCUT2D eigenvalue weighted by atomic mass is 10.2. The molecule has 3 rings (SSSR count). The molecular formula is C17H19ClN8O2. The summed E-state index contributed by atoms with van der Waals surface area (Å²) in [6.45, 7) is 0.979. The fraction of sp³-hybridized carbons (Fsp3) is 0.235. The van der Waals surface area contributed by atoms with Gasteiger partial charge in [-0.25, -0.2) is 15.0 Å². The van der Waals surface area contributed by atoms with E-state index < -0.39 is 0 Å². The third-order valence-electron chi connectivity index (χ3n) is 3.55. The number of nitrogens with one attached hydrogen (secondary N) is 2. The van der Waals surface area contributed by atoms with Crippen LogP contribution < -0.4 is 20.5 Å². The third-order valence-corrected chi connectivity index (χ3v) is 3.55. The van der Waals surface area contributed by atoms with Gasteiger partial charge in [-0.05, 0) is 19.0 Å². The molecule has 0 aromatic carbocycles. The lowest BCUT2D eigenvalue weighted by molar-refractivity contribution is 0.300. The monoisotopic (exact) mass is 402 g/mol.